The van der Waals surface area contributed by atoms with Crippen LogP contribution in [-0.2, 0) is 0 Å². The summed E-state index contributed by atoms with van der Waals surface area (Å²) in [5.74, 6) is 0.280. The van der Waals surface area contributed by atoms with E-state index in [1.54, 1.807) is 12.1 Å². The number of aromatic hydroxyl groups is 1. The lowest BCUT2D eigenvalue weighted by atomic mass is 10.0. The van der Waals surface area contributed by atoms with Crippen LogP contribution in [0.4, 0.5) is 0 Å². The maximum Gasteiger partial charge on any atom is 0.117 e. The zero-order valence-corrected chi connectivity index (χ0v) is 9.95. The lowest BCUT2D eigenvalue weighted by Crippen LogP contribution is -1.82. The number of aryl methyl sites for hydroxylation is 1. The maximum atomic E-state index is 9.52. The van der Waals surface area contributed by atoms with Crippen molar-refractivity contribution in [3.05, 3.63) is 52.5 Å². The van der Waals surface area contributed by atoms with Crippen molar-refractivity contribution < 1.29 is 5.11 Å². The summed E-state index contributed by atoms with van der Waals surface area (Å²) in [4.78, 5) is 0. The quantitative estimate of drug-likeness (QED) is 0.820. The zero-order chi connectivity index (χ0) is 10.8. The third-order valence-electron chi connectivity index (χ3n) is 2.34. The van der Waals surface area contributed by atoms with Gasteiger partial charge in [0.2, 0.25) is 0 Å². The van der Waals surface area contributed by atoms with E-state index in [4.69, 9.17) is 0 Å². The van der Waals surface area contributed by atoms with Gasteiger partial charge in [-0.25, -0.2) is 0 Å². The molecule has 1 N–H and O–H groups in total. The second-order valence-electron chi connectivity index (χ2n) is 3.51. The molecule has 0 fully saturated rings. The molecule has 2 heteroatoms. The SMILES string of the molecule is Cc1ccccc1-c1cc(O)cc(Br)c1. The van der Waals surface area contributed by atoms with Crippen molar-refractivity contribution in [1.82, 2.24) is 0 Å². The third kappa shape index (κ3) is 2.21. The van der Waals surface area contributed by atoms with E-state index in [0.29, 0.717) is 0 Å². The molecule has 0 atom stereocenters. The van der Waals surface area contributed by atoms with Gasteiger partial charge in [0.25, 0.3) is 0 Å². The molecule has 0 saturated heterocycles. The molecule has 2 aromatic carbocycles. The number of halogens is 1. The minimum atomic E-state index is 0.280. The van der Waals surface area contributed by atoms with Crippen LogP contribution >= 0.6 is 15.9 Å². The molecule has 0 radical (unpaired) electrons. The van der Waals surface area contributed by atoms with Crippen LogP contribution in [-0.4, -0.2) is 5.11 Å². The Balaban J connectivity index is 2.59. The van der Waals surface area contributed by atoms with Crippen LogP contribution in [0.3, 0.4) is 0 Å². The maximum absolute atomic E-state index is 9.52. The van der Waals surface area contributed by atoms with Crippen molar-refractivity contribution in [1.29, 1.82) is 0 Å². The first-order valence-corrected chi connectivity index (χ1v) is 5.51. The first-order chi connectivity index (χ1) is 7.16. The van der Waals surface area contributed by atoms with E-state index in [1.165, 1.54) is 5.56 Å². The molecule has 0 bridgehead atoms. The van der Waals surface area contributed by atoms with Gasteiger partial charge < -0.3 is 5.11 Å². The molecule has 2 rings (SSSR count). The number of hydrogen-bond donors (Lipinski definition) is 1. The van der Waals surface area contributed by atoms with Gasteiger partial charge in [-0.2, -0.15) is 0 Å². The Bertz CT molecular complexity index is 471. The topological polar surface area (TPSA) is 20.2 Å². The van der Waals surface area contributed by atoms with Gasteiger partial charge in [0.1, 0.15) is 5.75 Å². The predicted octanol–water partition coefficient (Wildman–Crippen LogP) is 4.13. The highest BCUT2D eigenvalue weighted by molar-refractivity contribution is 9.10. The smallest absolute Gasteiger partial charge is 0.117 e. The van der Waals surface area contributed by atoms with Crippen molar-refractivity contribution in [3.63, 3.8) is 0 Å². The standard InChI is InChI=1S/C13H11BrO/c1-9-4-2-3-5-13(9)10-6-11(14)8-12(15)7-10/h2-8,15H,1H3. The third-order valence-corrected chi connectivity index (χ3v) is 2.80. The van der Waals surface area contributed by atoms with E-state index in [0.717, 1.165) is 15.6 Å². The summed E-state index contributed by atoms with van der Waals surface area (Å²) in [7, 11) is 0. The fourth-order valence-corrected chi connectivity index (χ4v) is 2.11. The molecule has 0 spiro atoms. The lowest BCUT2D eigenvalue weighted by molar-refractivity contribution is 0.475. The molecule has 0 aliphatic rings. The first kappa shape index (κ1) is 10.2. The van der Waals surface area contributed by atoms with E-state index >= 15 is 0 Å². The highest BCUT2D eigenvalue weighted by Gasteiger charge is 2.03. The largest absolute Gasteiger partial charge is 0.508 e. The Hall–Kier alpha value is -1.28. The van der Waals surface area contributed by atoms with Gasteiger partial charge >= 0.3 is 0 Å². The molecule has 0 heterocycles. The highest BCUT2D eigenvalue weighted by Crippen LogP contribution is 2.29. The molecule has 0 aromatic heterocycles. The Kier molecular flexibility index (Phi) is 2.78. The molecule has 0 unspecified atom stereocenters. The minimum Gasteiger partial charge on any atom is -0.508 e. The summed E-state index contributed by atoms with van der Waals surface area (Å²) in [6, 6.07) is 13.6. The van der Waals surface area contributed by atoms with Gasteiger partial charge in [-0.3, -0.25) is 0 Å². The molecular formula is C13H11BrO. The molecule has 0 amide bonds. The van der Waals surface area contributed by atoms with Gasteiger partial charge in [-0.15, -0.1) is 0 Å². The molecule has 0 aliphatic heterocycles. The van der Waals surface area contributed by atoms with Gasteiger partial charge in [-0.1, -0.05) is 40.2 Å². The van der Waals surface area contributed by atoms with Gasteiger partial charge in [0, 0.05) is 4.47 Å². The van der Waals surface area contributed by atoms with Crippen LogP contribution in [0.25, 0.3) is 11.1 Å². The van der Waals surface area contributed by atoms with Crippen molar-refractivity contribution in [2.75, 3.05) is 0 Å². The van der Waals surface area contributed by atoms with Crippen molar-refractivity contribution in [2.24, 2.45) is 0 Å². The lowest BCUT2D eigenvalue weighted by Gasteiger charge is -2.06. The molecular weight excluding hydrogens is 252 g/mol. The van der Waals surface area contributed by atoms with E-state index in [9.17, 15) is 5.11 Å². The Morgan fingerprint density at radius 3 is 2.47 bits per heavy atom. The fraction of sp³-hybridized carbons (Fsp3) is 0.0769. The Morgan fingerprint density at radius 1 is 1.07 bits per heavy atom. The van der Waals surface area contributed by atoms with E-state index in [2.05, 4.69) is 35.0 Å². The van der Waals surface area contributed by atoms with Crippen LogP contribution in [0.5, 0.6) is 5.75 Å². The molecule has 1 nitrogen and oxygen atoms in total. The predicted molar refractivity (Wildman–Crippen MR) is 66.0 cm³/mol. The molecule has 76 valence electrons. The van der Waals surface area contributed by atoms with Crippen LogP contribution in [0, 0.1) is 6.92 Å². The molecule has 0 aliphatic carbocycles. The Morgan fingerprint density at radius 2 is 1.80 bits per heavy atom. The Labute approximate surface area is 97.5 Å². The van der Waals surface area contributed by atoms with E-state index in [-0.39, 0.29) is 5.75 Å². The second kappa shape index (κ2) is 4.07. The average molecular weight is 263 g/mol. The first-order valence-electron chi connectivity index (χ1n) is 4.72. The van der Waals surface area contributed by atoms with Crippen molar-refractivity contribution >= 4 is 15.9 Å². The van der Waals surface area contributed by atoms with Crippen LogP contribution in [0.1, 0.15) is 5.56 Å². The number of hydrogen-bond acceptors (Lipinski definition) is 1. The summed E-state index contributed by atoms with van der Waals surface area (Å²) in [5.41, 5.74) is 3.38. The molecule has 0 saturated carbocycles. The minimum absolute atomic E-state index is 0.280. The highest BCUT2D eigenvalue weighted by atomic mass is 79.9. The molecule has 2 aromatic rings. The van der Waals surface area contributed by atoms with Gasteiger partial charge in [-0.05, 0) is 41.8 Å². The summed E-state index contributed by atoms with van der Waals surface area (Å²) in [5, 5.41) is 9.52. The van der Waals surface area contributed by atoms with E-state index in [1.807, 2.05) is 18.2 Å². The van der Waals surface area contributed by atoms with Crippen LogP contribution < -0.4 is 0 Å². The molecule has 15 heavy (non-hydrogen) atoms. The number of benzene rings is 2. The van der Waals surface area contributed by atoms with Crippen LogP contribution in [0.2, 0.25) is 0 Å². The van der Waals surface area contributed by atoms with E-state index < -0.39 is 0 Å². The average Bonchev–Trinajstić information content (AvgIpc) is 2.16. The summed E-state index contributed by atoms with van der Waals surface area (Å²) in [6.45, 7) is 2.06. The summed E-state index contributed by atoms with van der Waals surface area (Å²) < 4.78 is 0.890. The normalized spacial score (nSPS) is 10.3. The summed E-state index contributed by atoms with van der Waals surface area (Å²) in [6.07, 6.45) is 0. The van der Waals surface area contributed by atoms with Gasteiger partial charge in [0.15, 0.2) is 0 Å². The second-order valence-corrected chi connectivity index (χ2v) is 4.43. The van der Waals surface area contributed by atoms with Crippen molar-refractivity contribution in [3.8, 4) is 16.9 Å². The van der Waals surface area contributed by atoms with Crippen molar-refractivity contribution in [2.45, 2.75) is 6.92 Å². The number of phenols is 1. The summed E-state index contributed by atoms with van der Waals surface area (Å²) >= 11 is 3.37. The zero-order valence-electron chi connectivity index (χ0n) is 8.37. The number of rotatable bonds is 1. The van der Waals surface area contributed by atoms with Crippen LogP contribution in [0.15, 0.2) is 46.9 Å². The number of phenolic OH excluding ortho intramolecular Hbond substituents is 1. The fourth-order valence-electron chi connectivity index (χ4n) is 1.63. The monoisotopic (exact) mass is 262 g/mol. The van der Waals surface area contributed by atoms with Gasteiger partial charge in [0.05, 0.1) is 0 Å².